The largest absolute Gasteiger partial charge is 0.465 e. The monoisotopic (exact) mass is 268 g/mol. The molecule has 0 aromatic carbocycles. The smallest absolute Gasteiger partial charge is 0.308 e. The van der Waals surface area contributed by atoms with Crippen LogP contribution in [-0.2, 0) is 9.53 Å². The van der Waals surface area contributed by atoms with E-state index in [2.05, 4.69) is 6.92 Å². The van der Waals surface area contributed by atoms with Crippen LogP contribution in [0.25, 0.3) is 0 Å². The molecule has 0 aliphatic heterocycles. The summed E-state index contributed by atoms with van der Waals surface area (Å²) >= 11 is 0. The second-order valence-electron chi connectivity index (χ2n) is 5.98. The van der Waals surface area contributed by atoms with Gasteiger partial charge < -0.3 is 4.74 Å². The van der Waals surface area contributed by atoms with Crippen LogP contribution in [0.2, 0.25) is 0 Å². The maximum Gasteiger partial charge on any atom is 0.308 e. The third kappa shape index (κ3) is 8.28. The molecule has 2 nitrogen and oxygen atoms in total. The van der Waals surface area contributed by atoms with Crippen LogP contribution in [0.15, 0.2) is 0 Å². The number of ether oxygens (including phenoxy) is 1. The molecule has 0 heterocycles. The third-order valence-electron chi connectivity index (χ3n) is 4.18. The van der Waals surface area contributed by atoms with E-state index in [0.717, 1.165) is 19.3 Å². The number of carbonyl (C=O) groups is 1. The summed E-state index contributed by atoms with van der Waals surface area (Å²) in [6.45, 7) is 2.91. The number of esters is 1. The fourth-order valence-electron chi connectivity index (χ4n) is 2.52. The molecule has 0 amide bonds. The Hall–Kier alpha value is -0.530. The fourth-order valence-corrected chi connectivity index (χ4v) is 2.52. The van der Waals surface area contributed by atoms with Gasteiger partial charge in [-0.1, -0.05) is 71.1 Å². The van der Waals surface area contributed by atoms with Gasteiger partial charge in [0.1, 0.15) is 0 Å². The standard InChI is InChI=1S/C17H32O2/c1-2-3-4-5-6-7-8-9-10-11-15-19-17(18)16-13-12-14-16/h16H,2-15H2,1H3. The van der Waals surface area contributed by atoms with Crippen LogP contribution in [0.1, 0.15) is 90.4 Å². The Kier molecular flexibility index (Phi) is 9.84. The minimum absolute atomic E-state index is 0.0576. The molecule has 0 saturated heterocycles. The minimum atomic E-state index is 0.0576. The van der Waals surface area contributed by atoms with Crippen molar-refractivity contribution in [2.75, 3.05) is 6.61 Å². The number of hydrogen-bond acceptors (Lipinski definition) is 2. The third-order valence-corrected chi connectivity index (χ3v) is 4.18. The molecule has 1 aliphatic rings. The van der Waals surface area contributed by atoms with Gasteiger partial charge in [-0.05, 0) is 19.3 Å². The summed E-state index contributed by atoms with van der Waals surface area (Å²) < 4.78 is 5.28. The zero-order chi connectivity index (χ0) is 13.8. The van der Waals surface area contributed by atoms with Crippen molar-refractivity contribution in [3.05, 3.63) is 0 Å². The molecule has 0 bridgehead atoms. The summed E-state index contributed by atoms with van der Waals surface area (Å²) in [7, 11) is 0. The molecule has 0 aromatic heterocycles. The van der Waals surface area contributed by atoms with Crippen molar-refractivity contribution >= 4 is 5.97 Å². The summed E-state index contributed by atoms with van der Waals surface area (Å²) in [6.07, 6.45) is 16.6. The minimum Gasteiger partial charge on any atom is -0.465 e. The van der Waals surface area contributed by atoms with Gasteiger partial charge in [-0.3, -0.25) is 4.79 Å². The van der Waals surface area contributed by atoms with E-state index in [1.807, 2.05) is 0 Å². The lowest BCUT2D eigenvalue weighted by molar-refractivity contribution is -0.151. The Morgan fingerprint density at radius 1 is 0.895 bits per heavy atom. The first kappa shape index (κ1) is 16.5. The molecule has 2 heteroatoms. The summed E-state index contributed by atoms with van der Waals surface area (Å²) in [6, 6.07) is 0. The highest BCUT2D eigenvalue weighted by Crippen LogP contribution is 2.27. The van der Waals surface area contributed by atoms with Gasteiger partial charge in [0.15, 0.2) is 0 Å². The molecule has 1 rings (SSSR count). The highest BCUT2D eigenvalue weighted by molar-refractivity contribution is 5.73. The number of unbranched alkanes of at least 4 members (excludes halogenated alkanes) is 9. The molecule has 19 heavy (non-hydrogen) atoms. The van der Waals surface area contributed by atoms with Gasteiger partial charge in [0, 0.05) is 0 Å². The summed E-state index contributed by atoms with van der Waals surface area (Å²) in [5, 5.41) is 0. The van der Waals surface area contributed by atoms with Crippen LogP contribution < -0.4 is 0 Å². The highest BCUT2D eigenvalue weighted by Gasteiger charge is 2.26. The first-order valence-corrected chi connectivity index (χ1v) is 8.51. The average Bonchev–Trinajstić information content (AvgIpc) is 2.34. The molecular weight excluding hydrogens is 236 g/mol. The second-order valence-corrected chi connectivity index (χ2v) is 5.98. The predicted octanol–water partition coefficient (Wildman–Crippen LogP) is 5.25. The van der Waals surface area contributed by atoms with Crippen molar-refractivity contribution in [2.45, 2.75) is 90.4 Å². The van der Waals surface area contributed by atoms with Crippen molar-refractivity contribution in [1.29, 1.82) is 0 Å². The molecule has 1 fully saturated rings. The summed E-state index contributed by atoms with van der Waals surface area (Å²) in [5.74, 6) is 0.297. The molecule has 0 unspecified atom stereocenters. The van der Waals surface area contributed by atoms with Gasteiger partial charge in [-0.2, -0.15) is 0 Å². The van der Waals surface area contributed by atoms with Gasteiger partial charge in [-0.15, -0.1) is 0 Å². The lowest BCUT2D eigenvalue weighted by Crippen LogP contribution is -2.24. The first-order chi connectivity index (χ1) is 9.34. The van der Waals surface area contributed by atoms with Crippen molar-refractivity contribution in [3.63, 3.8) is 0 Å². The predicted molar refractivity (Wildman–Crippen MR) is 80.1 cm³/mol. The maximum atomic E-state index is 11.5. The van der Waals surface area contributed by atoms with E-state index in [1.54, 1.807) is 0 Å². The Bertz CT molecular complexity index is 221. The Morgan fingerprint density at radius 3 is 1.89 bits per heavy atom. The van der Waals surface area contributed by atoms with Crippen molar-refractivity contribution < 1.29 is 9.53 Å². The van der Waals surface area contributed by atoms with Gasteiger partial charge in [0.2, 0.25) is 0 Å². The van der Waals surface area contributed by atoms with E-state index >= 15 is 0 Å². The maximum absolute atomic E-state index is 11.5. The SMILES string of the molecule is CCCCCCCCCCCCOC(=O)C1CCC1. The fraction of sp³-hybridized carbons (Fsp3) is 0.941. The highest BCUT2D eigenvalue weighted by atomic mass is 16.5. The van der Waals surface area contributed by atoms with E-state index in [4.69, 9.17) is 4.74 Å². The van der Waals surface area contributed by atoms with E-state index < -0.39 is 0 Å². The Labute approximate surface area is 119 Å². The number of carbonyl (C=O) groups excluding carboxylic acids is 1. The molecule has 1 saturated carbocycles. The number of hydrogen-bond donors (Lipinski definition) is 0. The average molecular weight is 268 g/mol. The number of rotatable bonds is 12. The Balaban J connectivity index is 1.72. The van der Waals surface area contributed by atoms with Crippen LogP contribution >= 0.6 is 0 Å². The second kappa shape index (κ2) is 11.3. The summed E-state index contributed by atoms with van der Waals surface area (Å²) in [5.41, 5.74) is 0. The Morgan fingerprint density at radius 2 is 1.42 bits per heavy atom. The molecule has 0 atom stereocenters. The molecule has 0 aromatic rings. The van der Waals surface area contributed by atoms with Gasteiger partial charge in [-0.25, -0.2) is 0 Å². The van der Waals surface area contributed by atoms with Crippen LogP contribution in [0.5, 0.6) is 0 Å². The van der Waals surface area contributed by atoms with Crippen molar-refractivity contribution in [3.8, 4) is 0 Å². The molecule has 0 N–H and O–H groups in total. The zero-order valence-corrected chi connectivity index (χ0v) is 12.8. The van der Waals surface area contributed by atoms with Crippen LogP contribution in [0, 0.1) is 5.92 Å². The molecule has 0 spiro atoms. The van der Waals surface area contributed by atoms with Gasteiger partial charge in [0.25, 0.3) is 0 Å². The van der Waals surface area contributed by atoms with Gasteiger partial charge in [0.05, 0.1) is 12.5 Å². The van der Waals surface area contributed by atoms with E-state index in [-0.39, 0.29) is 11.9 Å². The normalized spacial score (nSPS) is 15.2. The van der Waals surface area contributed by atoms with Gasteiger partial charge >= 0.3 is 5.97 Å². The summed E-state index contributed by atoms with van der Waals surface area (Å²) in [4.78, 5) is 11.5. The lowest BCUT2D eigenvalue weighted by atomic mass is 9.86. The van der Waals surface area contributed by atoms with Crippen LogP contribution in [0.3, 0.4) is 0 Å². The molecule has 1 aliphatic carbocycles. The lowest BCUT2D eigenvalue weighted by Gasteiger charge is -2.22. The van der Waals surface area contributed by atoms with Crippen LogP contribution in [-0.4, -0.2) is 12.6 Å². The van der Waals surface area contributed by atoms with Crippen LogP contribution in [0.4, 0.5) is 0 Å². The van der Waals surface area contributed by atoms with E-state index in [9.17, 15) is 4.79 Å². The van der Waals surface area contributed by atoms with Crippen molar-refractivity contribution in [1.82, 2.24) is 0 Å². The van der Waals surface area contributed by atoms with Crippen molar-refractivity contribution in [2.24, 2.45) is 5.92 Å². The quantitative estimate of drug-likeness (QED) is 0.357. The first-order valence-electron chi connectivity index (χ1n) is 8.51. The topological polar surface area (TPSA) is 26.3 Å². The molecule has 0 radical (unpaired) electrons. The molecular formula is C17H32O2. The van der Waals surface area contributed by atoms with E-state index in [0.29, 0.717) is 6.61 Å². The van der Waals surface area contributed by atoms with E-state index in [1.165, 1.54) is 64.2 Å². The molecule has 112 valence electrons. The zero-order valence-electron chi connectivity index (χ0n) is 12.8.